The number of benzene rings is 2. The molecule has 2 fully saturated rings. The molecule has 0 amide bonds. The second-order valence-electron chi connectivity index (χ2n) is 17.9. The quantitative estimate of drug-likeness (QED) is 0.0570. The molecule has 0 unspecified atom stereocenters. The summed E-state index contributed by atoms with van der Waals surface area (Å²) < 4.78 is 48.7. The fourth-order valence-electron chi connectivity index (χ4n) is 6.90. The second kappa shape index (κ2) is 29.3. The van der Waals surface area contributed by atoms with Crippen LogP contribution in [-0.4, -0.2) is 94.4 Å². The van der Waals surface area contributed by atoms with Crippen LogP contribution in [-0.2, 0) is 51.3 Å². The molecule has 4 aromatic rings. The van der Waals surface area contributed by atoms with Crippen LogP contribution in [0.15, 0.2) is 65.7 Å². The molecular weight excluding hydrogens is 1120 g/mol. The zero-order valence-corrected chi connectivity index (χ0v) is 47.4. The molecule has 0 atom stereocenters. The molecular formula is C48H58Br2Cl2F2N6O8Zn. The summed E-state index contributed by atoms with van der Waals surface area (Å²) >= 11 is 19.0. The Morgan fingerprint density at radius 3 is 1.42 bits per heavy atom. The van der Waals surface area contributed by atoms with Crippen molar-refractivity contribution in [2.24, 2.45) is 11.8 Å². The Morgan fingerprint density at radius 2 is 1.07 bits per heavy atom. The number of ether oxygens (including phenoxy) is 4. The van der Waals surface area contributed by atoms with Crippen LogP contribution in [0.25, 0.3) is 0 Å². The van der Waals surface area contributed by atoms with Crippen molar-refractivity contribution in [2.75, 3.05) is 49.2 Å². The summed E-state index contributed by atoms with van der Waals surface area (Å²) in [6, 6.07) is 8.21. The summed E-state index contributed by atoms with van der Waals surface area (Å²) in [7, 11) is 0. The third kappa shape index (κ3) is 22.7. The Balaban J connectivity index is 0.000000311. The van der Waals surface area contributed by atoms with Gasteiger partial charge in [-0.3, -0.25) is 16.5 Å². The average molecular weight is 1180 g/mol. The van der Waals surface area contributed by atoms with Crippen LogP contribution in [0.5, 0.6) is 0 Å². The van der Waals surface area contributed by atoms with Gasteiger partial charge in [0.25, 0.3) is 0 Å². The molecule has 372 valence electrons. The molecule has 0 saturated carbocycles. The van der Waals surface area contributed by atoms with E-state index in [1.54, 1.807) is 72.4 Å². The average Bonchev–Trinajstić information content (AvgIpc) is 3.28. The van der Waals surface area contributed by atoms with Crippen molar-refractivity contribution in [3.05, 3.63) is 111 Å². The minimum atomic E-state index is -0.641. The first-order valence-corrected chi connectivity index (χ1v) is 30.6. The van der Waals surface area contributed by atoms with Crippen LogP contribution in [0.4, 0.5) is 20.7 Å². The Morgan fingerprint density at radius 1 is 0.681 bits per heavy atom. The predicted octanol–water partition coefficient (Wildman–Crippen LogP) is 11.1. The maximum absolute atomic E-state index is 14.4. The number of carbonyl (C=O) groups excluding carboxylic acids is 4. The molecule has 2 aromatic heterocycles. The number of nitrogens with zero attached hydrogens (tertiary/aromatic N) is 6. The van der Waals surface area contributed by atoms with Crippen molar-refractivity contribution in [1.29, 1.82) is 0 Å². The molecule has 2 aliphatic rings. The van der Waals surface area contributed by atoms with E-state index in [1.165, 1.54) is 40.6 Å². The first kappa shape index (κ1) is 59.3. The van der Waals surface area contributed by atoms with Crippen LogP contribution in [0.1, 0.15) is 106 Å². The summed E-state index contributed by atoms with van der Waals surface area (Å²) in [5.41, 5.74) is -0.510. The van der Waals surface area contributed by atoms with Gasteiger partial charge >= 0.3 is 47.9 Å². The van der Waals surface area contributed by atoms with E-state index < -0.39 is 46.7 Å². The number of hydrogen-bond donors (Lipinski definition) is 0. The van der Waals surface area contributed by atoms with Crippen molar-refractivity contribution < 1.29 is 63.2 Å². The van der Waals surface area contributed by atoms with Crippen molar-refractivity contribution in [3.63, 3.8) is 0 Å². The molecule has 69 heavy (non-hydrogen) atoms. The van der Waals surface area contributed by atoms with E-state index in [0.717, 1.165) is 70.8 Å². The zero-order chi connectivity index (χ0) is 51.3. The standard InChI is InChI=1S/C24H29ClFN3O4.C18H18BrClFN3O2.C6H11O2.BrH.Zn/c1-24(2,3)33-21(30)13-17-4-5-18(12-20(17)26)22(31)32-11-8-16-6-9-29(10-7-16)23-27-14-19(25)15-28-23;19-15-2-1-13(9-16(15)21)17(25)26-8-5-12-3-6-24(7-4-12)18-22-10-14(20)11-23-18;1-5(7)8-6(2,3)4;;/h4-5,12,14-16H,6-11,13H2,1-3H3;1-2,9-12H,3-8H2;1H2,2-4H3;1H;/q;;-1;;+2/p-1. The van der Waals surface area contributed by atoms with Crippen molar-refractivity contribution in [1.82, 2.24) is 19.9 Å². The van der Waals surface area contributed by atoms with Gasteiger partial charge in [0.15, 0.2) is 5.97 Å². The van der Waals surface area contributed by atoms with Crippen LogP contribution >= 0.6 is 52.8 Å². The zero-order valence-electron chi connectivity index (χ0n) is 39.8. The summed E-state index contributed by atoms with van der Waals surface area (Å²) in [4.78, 5) is 67.5. The molecule has 2 saturated heterocycles. The van der Waals surface area contributed by atoms with Gasteiger partial charge in [-0.05, 0) is 144 Å². The molecule has 0 bridgehead atoms. The molecule has 6 rings (SSSR count). The number of aromatic nitrogens is 4. The molecule has 0 aliphatic carbocycles. The van der Waals surface area contributed by atoms with Gasteiger partial charge < -0.3 is 28.7 Å². The molecule has 0 N–H and O–H groups in total. The van der Waals surface area contributed by atoms with Gasteiger partial charge in [0.1, 0.15) is 22.8 Å². The monoisotopic (exact) mass is 1180 g/mol. The normalized spacial score (nSPS) is 14.1. The number of anilines is 2. The predicted molar refractivity (Wildman–Crippen MR) is 264 cm³/mol. The number of carbonyl (C=O) groups is 4. The van der Waals surface area contributed by atoms with Gasteiger partial charge in [-0.2, -0.15) is 0 Å². The van der Waals surface area contributed by atoms with Gasteiger partial charge in [0.05, 0.1) is 70.1 Å². The Kier molecular flexibility index (Phi) is 25.2. The Labute approximate surface area is 438 Å². The van der Waals surface area contributed by atoms with E-state index in [2.05, 4.69) is 70.9 Å². The molecule has 0 spiro atoms. The van der Waals surface area contributed by atoms with E-state index in [1.807, 2.05) is 0 Å². The molecule has 2 aliphatic heterocycles. The number of halogens is 6. The van der Waals surface area contributed by atoms with Crippen molar-refractivity contribution in [2.45, 2.75) is 97.7 Å². The van der Waals surface area contributed by atoms with E-state index >= 15 is 0 Å². The van der Waals surface area contributed by atoms with E-state index in [-0.39, 0.29) is 29.7 Å². The van der Waals surface area contributed by atoms with Crippen LogP contribution < -0.4 is 9.80 Å². The molecule has 4 heterocycles. The van der Waals surface area contributed by atoms with Crippen molar-refractivity contribution >= 4 is 88.5 Å². The molecule has 21 heteroatoms. The Hall–Kier alpha value is -4.03. The van der Waals surface area contributed by atoms with E-state index in [4.69, 9.17) is 37.4 Å². The van der Waals surface area contributed by atoms with Crippen LogP contribution in [0.3, 0.4) is 0 Å². The van der Waals surface area contributed by atoms with Gasteiger partial charge in [-0.25, -0.2) is 38.3 Å². The summed E-state index contributed by atoms with van der Waals surface area (Å²) in [5, 5.41) is 1.03. The summed E-state index contributed by atoms with van der Waals surface area (Å²) in [6.45, 7) is 17.7. The molecule has 0 radical (unpaired) electrons. The maximum atomic E-state index is 14.4. The van der Waals surface area contributed by atoms with Gasteiger partial charge in [-0.1, -0.05) is 29.3 Å². The summed E-state index contributed by atoms with van der Waals surface area (Å²) in [5.74, 6) is -0.917. The topological polar surface area (TPSA) is 163 Å². The first-order valence-electron chi connectivity index (χ1n) is 22.1. The SMILES string of the molecule is CC(C)(C)OC(=O)Cc1ccc(C(=O)OCCC2CCN(c3ncc(Cl)cn3)CC2)cc1F.O=C(OCCC1CCN(c2ncc(Cl)cn2)CC1)c1ccc(Br)c(F)c1.[CH2-]C(=O)OC(C)(C)C.[Zn+][Br]. The second-order valence-corrected chi connectivity index (χ2v) is 19.6. The third-order valence-electron chi connectivity index (χ3n) is 10.1. The van der Waals surface area contributed by atoms with Crippen molar-refractivity contribution in [3.8, 4) is 0 Å². The van der Waals surface area contributed by atoms with Crippen LogP contribution in [0, 0.1) is 30.4 Å². The fourth-order valence-corrected chi connectivity index (χ4v) is 7.34. The minimum absolute atomic E-state index is 0.121. The number of esters is 4. The summed E-state index contributed by atoms with van der Waals surface area (Å²) in [6.07, 6.45) is 11.5. The van der Waals surface area contributed by atoms with Gasteiger partial charge in [0.2, 0.25) is 11.9 Å². The van der Waals surface area contributed by atoms with Gasteiger partial charge in [-0.15, -0.1) is 0 Å². The Bertz CT molecular complexity index is 2260. The van der Waals surface area contributed by atoms with E-state index in [0.29, 0.717) is 44.9 Å². The molecule has 2 aromatic carbocycles. The number of piperidine rings is 2. The van der Waals surface area contributed by atoms with Gasteiger partial charge in [0, 0.05) is 26.2 Å². The fraction of sp³-hybridized carbons (Fsp3) is 0.479. The third-order valence-corrected chi connectivity index (χ3v) is 11.2. The van der Waals surface area contributed by atoms with E-state index in [9.17, 15) is 28.0 Å². The van der Waals surface area contributed by atoms with Crippen LogP contribution in [0.2, 0.25) is 10.0 Å². The first-order chi connectivity index (χ1) is 32.5. The molecule has 14 nitrogen and oxygen atoms in total. The number of hydrogen-bond acceptors (Lipinski definition) is 14. The number of rotatable bonds is 12.